The summed E-state index contributed by atoms with van der Waals surface area (Å²) in [6.45, 7) is 1.59. The van der Waals surface area contributed by atoms with Gasteiger partial charge in [0.15, 0.2) is 6.54 Å². The smallest absolute Gasteiger partial charge is 0.275 e. The second-order valence-corrected chi connectivity index (χ2v) is 7.92. The highest BCUT2D eigenvalue weighted by atomic mass is 79.9. The van der Waals surface area contributed by atoms with Gasteiger partial charge in [0, 0.05) is 16.5 Å². The molecule has 2 aromatic rings. The minimum Gasteiger partial charge on any atom is -0.497 e. The van der Waals surface area contributed by atoms with Gasteiger partial charge in [0.2, 0.25) is 0 Å². The molecule has 0 spiro atoms. The van der Waals surface area contributed by atoms with Gasteiger partial charge in [0.1, 0.15) is 11.4 Å². The zero-order valence-electron chi connectivity index (χ0n) is 15.0. The van der Waals surface area contributed by atoms with Gasteiger partial charge in [-0.25, -0.2) is 0 Å². The highest BCUT2D eigenvalue weighted by molar-refractivity contribution is 9.10. The molecule has 0 bridgehead atoms. The molecular weight excluding hydrogens is 392 g/mol. The van der Waals surface area contributed by atoms with Gasteiger partial charge in [0.05, 0.1) is 13.7 Å². The van der Waals surface area contributed by atoms with Gasteiger partial charge in [-0.1, -0.05) is 28.1 Å². The minimum atomic E-state index is -1.07. The second kappa shape index (κ2) is 7.05. The van der Waals surface area contributed by atoms with Gasteiger partial charge in [-0.15, -0.1) is 0 Å². The molecule has 4 rings (SSSR count). The van der Waals surface area contributed by atoms with Gasteiger partial charge in [0.25, 0.3) is 11.6 Å². The Kier molecular flexibility index (Phi) is 4.76. The molecule has 2 heterocycles. The van der Waals surface area contributed by atoms with E-state index in [2.05, 4.69) is 25.4 Å². The molecule has 2 aliphatic rings. The first-order valence-electron chi connectivity index (χ1n) is 9.15. The third-order valence-corrected chi connectivity index (χ3v) is 5.90. The number of rotatable bonds is 3. The second-order valence-electron chi connectivity index (χ2n) is 7.01. The molecule has 0 radical (unpaired) electrons. The van der Waals surface area contributed by atoms with Crippen molar-refractivity contribution in [2.24, 2.45) is 0 Å². The van der Waals surface area contributed by atoms with Crippen molar-refractivity contribution in [2.45, 2.75) is 31.4 Å². The predicted octanol–water partition coefficient (Wildman–Crippen LogP) is 4.11. The summed E-state index contributed by atoms with van der Waals surface area (Å²) < 4.78 is 8.68. The number of halogens is 1. The lowest BCUT2D eigenvalue weighted by molar-refractivity contribution is -0.534. The van der Waals surface area contributed by atoms with Crippen LogP contribution in [0.2, 0.25) is 0 Å². The lowest BCUT2D eigenvalue weighted by atomic mass is 10.00. The summed E-state index contributed by atoms with van der Waals surface area (Å²) in [5.74, 6) is 2.04. The van der Waals surface area contributed by atoms with E-state index in [-0.39, 0.29) is 0 Å². The van der Waals surface area contributed by atoms with Crippen LogP contribution in [0.4, 0.5) is 5.69 Å². The van der Waals surface area contributed by atoms with E-state index in [9.17, 15) is 5.11 Å². The molecule has 26 heavy (non-hydrogen) atoms. The fourth-order valence-corrected chi connectivity index (χ4v) is 4.32. The summed E-state index contributed by atoms with van der Waals surface area (Å²) in [7, 11) is 1.67. The molecular formula is C21H24BrN2O2+. The lowest BCUT2D eigenvalue weighted by Gasteiger charge is -2.29. The van der Waals surface area contributed by atoms with Gasteiger partial charge < -0.3 is 9.84 Å². The Morgan fingerprint density at radius 2 is 1.77 bits per heavy atom. The summed E-state index contributed by atoms with van der Waals surface area (Å²) in [6.07, 6.45) is 4.57. The molecule has 136 valence electrons. The van der Waals surface area contributed by atoms with Crippen molar-refractivity contribution < 1.29 is 14.4 Å². The molecule has 1 atom stereocenters. The average molecular weight is 416 g/mol. The SMILES string of the molecule is COc1ccc(N2C3=[N+](CCCCC3)C[C@]2(O)c2ccc(Br)cc2)cc1. The zero-order valence-corrected chi connectivity index (χ0v) is 16.6. The average Bonchev–Trinajstić information content (AvgIpc) is 2.79. The molecule has 2 aliphatic heterocycles. The van der Waals surface area contributed by atoms with Crippen LogP contribution in [0.5, 0.6) is 5.75 Å². The summed E-state index contributed by atoms with van der Waals surface area (Å²) in [6, 6.07) is 16.0. The summed E-state index contributed by atoms with van der Waals surface area (Å²) in [5.41, 5.74) is 0.842. The van der Waals surface area contributed by atoms with Crippen LogP contribution in [0, 0.1) is 0 Å². The van der Waals surface area contributed by atoms with Crippen molar-refractivity contribution in [3.8, 4) is 5.75 Å². The first-order valence-corrected chi connectivity index (χ1v) is 9.94. The number of aliphatic hydroxyl groups is 1. The molecule has 0 aliphatic carbocycles. The van der Waals surface area contributed by atoms with E-state index in [4.69, 9.17) is 4.74 Å². The third-order valence-electron chi connectivity index (χ3n) is 5.37. The van der Waals surface area contributed by atoms with Crippen molar-refractivity contribution in [1.29, 1.82) is 0 Å². The van der Waals surface area contributed by atoms with E-state index in [0.717, 1.165) is 40.9 Å². The Morgan fingerprint density at radius 1 is 1.04 bits per heavy atom. The Labute approximate surface area is 162 Å². The van der Waals surface area contributed by atoms with Crippen LogP contribution in [0.15, 0.2) is 53.0 Å². The molecule has 1 N–H and O–H groups in total. The Balaban J connectivity index is 1.81. The standard InChI is InChI=1S/C21H24BrN2O2/c1-26-19-12-10-18(11-13-19)24-20-5-3-2-4-14-23(20)15-21(24,25)16-6-8-17(22)9-7-16/h6-13,25H,2-5,14-15H2,1H3/q+1/t21-/m0/s1. The van der Waals surface area contributed by atoms with E-state index in [1.54, 1.807) is 7.11 Å². The van der Waals surface area contributed by atoms with Crippen LogP contribution in [0.1, 0.15) is 31.2 Å². The minimum absolute atomic E-state index is 0.593. The Bertz CT molecular complexity index is 817. The highest BCUT2D eigenvalue weighted by Gasteiger charge is 2.53. The summed E-state index contributed by atoms with van der Waals surface area (Å²) in [4.78, 5) is 2.13. The fourth-order valence-electron chi connectivity index (χ4n) is 4.05. The molecule has 4 nitrogen and oxygen atoms in total. The van der Waals surface area contributed by atoms with Crippen molar-refractivity contribution in [2.75, 3.05) is 25.1 Å². The van der Waals surface area contributed by atoms with E-state index in [1.807, 2.05) is 48.5 Å². The van der Waals surface area contributed by atoms with E-state index in [0.29, 0.717) is 6.54 Å². The number of anilines is 1. The molecule has 0 unspecified atom stereocenters. The van der Waals surface area contributed by atoms with Crippen molar-refractivity contribution >= 4 is 27.5 Å². The summed E-state index contributed by atoms with van der Waals surface area (Å²) in [5, 5.41) is 11.8. The van der Waals surface area contributed by atoms with E-state index in [1.165, 1.54) is 18.7 Å². The number of benzene rings is 2. The topological polar surface area (TPSA) is 35.7 Å². The number of nitrogens with zero attached hydrogens (tertiary/aromatic N) is 2. The molecule has 2 aromatic carbocycles. The number of methoxy groups -OCH3 is 1. The van der Waals surface area contributed by atoms with Crippen molar-refractivity contribution in [3.63, 3.8) is 0 Å². The van der Waals surface area contributed by atoms with Crippen LogP contribution in [-0.4, -0.2) is 35.7 Å². The maximum atomic E-state index is 11.8. The molecule has 0 aromatic heterocycles. The Hall–Kier alpha value is -1.85. The van der Waals surface area contributed by atoms with Gasteiger partial charge in [-0.05, 0) is 55.7 Å². The van der Waals surface area contributed by atoms with Gasteiger partial charge >= 0.3 is 0 Å². The van der Waals surface area contributed by atoms with Crippen LogP contribution in [0.3, 0.4) is 0 Å². The fraction of sp³-hybridized carbons (Fsp3) is 0.381. The summed E-state index contributed by atoms with van der Waals surface area (Å²) >= 11 is 3.49. The first kappa shape index (κ1) is 17.6. The van der Waals surface area contributed by atoms with Crippen LogP contribution in [-0.2, 0) is 5.72 Å². The maximum absolute atomic E-state index is 11.8. The molecule has 0 amide bonds. The zero-order chi connectivity index (χ0) is 18.1. The molecule has 0 saturated heterocycles. The highest BCUT2D eigenvalue weighted by Crippen LogP contribution is 2.38. The Morgan fingerprint density at radius 3 is 2.46 bits per heavy atom. The predicted molar refractivity (Wildman–Crippen MR) is 107 cm³/mol. The van der Waals surface area contributed by atoms with Crippen LogP contribution < -0.4 is 9.64 Å². The number of amidine groups is 1. The van der Waals surface area contributed by atoms with Crippen molar-refractivity contribution in [3.05, 3.63) is 58.6 Å². The lowest BCUT2D eigenvalue weighted by Crippen LogP contribution is -2.47. The maximum Gasteiger partial charge on any atom is 0.275 e. The quantitative estimate of drug-likeness (QED) is 0.766. The third kappa shape index (κ3) is 3.03. The number of ether oxygens (including phenoxy) is 1. The van der Waals surface area contributed by atoms with Crippen LogP contribution in [0.25, 0.3) is 0 Å². The number of hydrogen-bond donors (Lipinski definition) is 1. The first-order chi connectivity index (χ1) is 12.6. The normalized spacial score (nSPS) is 23.0. The van der Waals surface area contributed by atoms with Crippen molar-refractivity contribution in [1.82, 2.24) is 0 Å². The largest absolute Gasteiger partial charge is 0.497 e. The molecule has 5 heteroatoms. The van der Waals surface area contributed by atoms with Crippen LogP contribution >= 0.6 is 15.9 Å². The van der Waals surface area contributed by atoms with Gasteiger partial charge in [-0.3, -0.25) is 4.58 Å². The van der Waals surface area contributed by atoms with Gasteiger partial charge in [-0.2, -0.15) is 4.90 Å². The molecule has 0 fully saturated rings. The molecule has 0 saturated carbocycles. The van der Waals surface area contributed by atoms with E-state index >= 15 is 0 Å². The monoisotopic (exact) mass is 415 g/mol. The number of hydrogen-bond acceptors (Lipinski definition) is 3. The van der Waals surface area contributed by atoms with E-state index < -0.39 is 5.72 Å².